The lowest BCUT2D eigenvalue weighted by Crippen LogP contribution is -2.46. The van der Waals surface area contributed by atoms with Crippen molar-refractivity contribution in [1.29, 1.82) is 0 Å². The highest BCUT2D eigenvalue weighted by Gasteiger charge is 2.36. The molecule has 19 heavy (non-hydrogen) atoms. The molecule has 116 valence electrons. The summed E-state index contributed by atoms with van der Waals surface area (Å²) in [5, 5.41) is 9.37. The Morgan fingerprint density at radius 3 is 1.74 bits per heavy atom. The maximum absolute atomic E-state index is 12.9. The largest absolute Gasteiger partial charge is 0.393 e. The number of hydrogen-bond acceptors (Lipinski definition) is 2. The van der Waals surface area contributed by atoms with Crippen LogP contribution in [-0.4, -0.2) is 41.2 Å². The molecule has 2 fully saturated rings. The van der Waals surface area contributed by atoms with Crippen LogP contribution in [-0.2, 0) is 0 Å². The Balaban J connectivity index is 0.000000741. The first-order valence-corrected chi connectivity index (χ1v) is 7.87. The number of halogens is 2. The van der Waals surface area contributed by atoms with Crippen molar-refractivity contribution in [3.05, 3.63) is 0 Å². The van der Waals surface area contributed by atoms with Gasteiger partial charge in [-0.1, -0.05) is 27.7 Å². The molecule has 2 nitrogen and oxygen atoms in total. The molecule has 2 aliphatic rings. The molecule has 4 heteroatoms. The summed E-state index contributed by atoms with van der Waals surface area (Å²) in [7, 11) is 0. The van der Waals surface area contributed by atoms with E-state index >= 15 is 0 Å². The highest BCUT2D eigenvalue weighted by molar-refractivity contribution is 4.85. The van der Waals surface area contributed by atoms with Crippen LogP contribution in [0.25, 0.3) is 0 Å². The lowest BCUT2D eigenvalue weighted by atomic mass is 9.90. The van der Waals surface area contributed by atoms with Gasteiger partial charge in [-0.05, 0) is 25.7 Å². The third kappa shape index (κ3) is 6.66. The van der Waals surface area contributed by atoms with E-state index in [4.69, 9.17) is 0 Å². The van der Waals surface area contributed by atoms with Crippen molar-refractivity contribution < 1.29 is 13.9 Å². The van der Waals surface area contributed by atoms with Gasteiger partial charge in [0.2, 0.25) is 0 Å². The van der Waals surface area contributed by atoms with Crippen molar-refractivity contribution in [1.82, 2.24) is 4.90 Å². The number of alkyl halides is 2. The van der Waals surface area contributed by atoms with E-state index in [1.54, 1.807) is 0 Å². The molecule has 2 rings (SSSR count). The average Bonchev–Trinajstić information content (AvgIpc) is 2.44. The SMILES string of the molecule is CC.CC.OC1CCC(N2CCC(F)(F)CC2)CC1. The lowest BCUT2D eigenvalue weighted by molar-refractivity contribution is -0.0684. The zero-order valence-electron chi connectivity index (χ0n) is 13.0. The van der Waals surface area contributed by atoms with Gasteiger partial charge < -0.3 is 5.11 Å². The number of aliphatic hydroxyl groups is 1. The van der Waals surface area contributed by atoms with Gasteiger partial charge in [0.25, 0.3) is 5.92 Å². The molecule has 1 N–H and O–H groups in total. The molecule has 1 saturated carbocycles. The van der Waals surface area contributed by atoms with Gasteiger partial charge in [-0.3, -0.25) is 4.90 Å². The monoisotopic (exact) mass is 279 g/mol. The fraction of sp³-hybridized carbons (Fsp3) is 1.00. The standard InChI is InChI=1S/C11H19F2NO.2C2H6/c12-11(13)5-7-14(8-6-11)9-1-3-10(15)4-2-9;2*1-2/h9-10,15H,1-8H2;2*1-2H3. The van der Waals surface area contributed by atoms with E-state index in [1.165, 1.54) is 0 Å². The minimum atomic E-state index is -2.44. The molecule has 1 heterocycles. The molecule has 1 aliphatic heterocycles. The van der Waals surface area contributed by atoms with Gasteiger partial charge in [0.05, 0.1) is 6.10 Å². The van der Waals surface area contributed by atoms with Crippen LogP contribution in [0.3, 0.4) is 0 Å². The van der Waals surface area contributed by atoms with Gasteiger partial charge >= 0.3 is 0 Å². The van der Waals surface area contributed by atoms with Gasteiger partial charge in [-0.15, -0.1) is 0 Å². The molecule has 1 aliphatic carbocycles. The van der Waals surface area contributed by atoms with Crippen LogP contribution >= 0.6 is 0 Å². The Labute approximate surface area is 117 Å². The van der Waals surface area contributed by atoms with E-state index in [0.717, 1.165) is 25.7 Å². The lowest BCUT2D eigenvalue weighted by Gasteiger charge is -2.39. The minimum Gasteiger partial charge on any atom is -0.393 e. The number of nitrogens with zero attached hydrogens (tertiary/aromatic N) is 1. The second kappa shape index (κ2) is 9.65. The molecule has 0 bridgehead atoms. The van der Waals surface area contributed by atoms with Crippen molar-refractivity contribution in [3.8, 4) is 0 Å². The van der Waals surface area contributed by atoms with Crippen LogP contribution in [0.1, 0.15) is 66.2 Å². The zero-order valence-corrected chi connectivity index (χ0v) is 13.0. The van der Waals surface area contributed by atoms with Crippen LogP contribution in [0.15, 0.2) is 0 Å². The normalized spacial score (nSPS) is 30.5. The van der Waals surface area contributed by atoms with Crippen LogP contribution in [0.5, 0.6) is 0 Å². The molecule has 0 aromatic carbocycles. The Morgan fingerprint density at radius 2 is 1.32 bits per heavy atom. The minimum absolute atomic E-state index is 0.00601. The molecule has 0 unspecified atom stereocenters. The highest BCUT2D eigenvalue weighted by Crippen LogP contribution is 2.31. The van der Waals surface area contributed by atoms with Gasteiger partial charge in [-0.25, -0.2) is 8.78 Å². The third-order valence-corrected chi connectivity index (χ3v) is 3.71. The highest BCUT2D eigenvalue weighted by atomic mass is 19.3. The summed E-state index contributed by atoms with van der Waals surface area (Å²) in [5.41, 5.74) is 0. The predicted molar refractivity (Wildman–Crippen MR) is 76.7 cm³/mol. The topological polar surface area (TPSA) is 23.5 Å². The molecule has 0 aromatic rings. The Kier molecular flexibility index (Phi) is 9.54. The summed E-state index contributed by atoms with van der Waals surface area (Å²) in [5.74, 6) is -2.44. The zero-order chi connectivity index (χ0) is 14.9. The van der Waals surface area contributed by atoms with Crippen molar-refractivity contribution in [2.75, 3.05) is 13.1 Å². The summed E-state index contributed by atoms with van der Waals surface area (Å²) in [6.45, 7) is 9.04. The van der Waals surface area contributed by atoms with Gasteiger partial charge in [0.1, 0.15) is 0 Å². The van der Waals surface area contributed by atoms with E-state index in [1.807, 2.05) is 27.7 Å². The predicted octanol–water partition coefficient (Wildman–Crippen LogP) is 4.07. The van der Waals surface area contributed by atoms with E-state index < -0.39 is 5.92 Å². The van der Waals surface area contributed by atoms with Crippen molar-refractivity contribution in [3.63, 3.8) is 0 Å². The van der Waals surface area contributed by atoms with Crippen LogP contribution < -0.4 is 0 Å². The number of piperidine rings is 1. The summed E-state index contributed by atoms with van der Waals surface area (Å²) < 4.78 is 25.9. The molecule has 0 amide bonds. The smallest absolute Gasteiger partial charge is 0.250 e. The fourth-order valence-electron chi connectivity index (χ4n) is 2.64. The average molecular weight is 279 g/mol. The Bertz CT molecular complexity index is 206. The van der Waals surface area contributed by atoms with Crippen molar-refractivity contribution >= 4 is 0 Å². The van der Waals surface area contributed by atoms with E-state index in [2.05, 4.69) is 4.90 Å². The first-order chi connectivity index (χ1) is 9.07. The maximum atomic E-state index is 12.9. The number of aliphatic hydroxyl groups excluding tert-OH is 1. The first-order valence-electron chi connectivity index (χ1n) is 7.87. The molecule has 0 spiro atoms. The fourth-order valence-corrected chi connectivity index (χ4v) is 2.64. The second-order valence-corrected chi connectivity index (χ2v) is 4.85. The molecule has 1 saturated heterocycles. The van der Waals surface area contributed by atoms with E-state index in [-0.39, 0.29) is 18.9 Å². The van der Waals surface area contributed by atoms with E-state index in [0.29, 0.717) is 19.1 Å². The number of likely N-dealkylation sites (tertiary alicyclic amines) is 1. The molecule has 0 radical (unpaired) electrons. The number of rotatable bonds is 1. The first kappa shape index (κ1) is 18.8. The maximum Gasteiger partial charge on any atom is 0.250 e. The number of hydrogen-bond donors (Lipinski definition) is 1. The quantitative estimate of drug-likeness (QED) is 0.782. The third-order valence-electron chi connectivity index (χ3n) is 3.71. The summed E-state index contributed by atoms with van der Waals surface area (Å²) in [6, 6.07) is 0.435. The van der Waals surface area contributed by atoms with Gasteiger partial charge in [0, 0.05) is 32.0 Å². The van der Waals surface area contributed by atoms with Crippen LogP contribution in [0, 0.1) is 0 Å². The molecule has 0 atom stereocenters. The Morgan fingerprint density at radius 1 is 0.895 bits per heavy atom. The Hall–Kier alpha value is -0.220. The van der Waals surface area contributed by atoms with Gasteiger partial charge in [0.15, 0.2) is 0 Å². The van der Waals surface area contributed by atoms with Crippen LogP contribution in [0.2, 0.25) is 0 Å². The summed E-state index contributed by atoms with van der Waals surface area (Å²) >= 11 is 0. The van der Waals surface area contributed by atoms with Crippen molar-refractivity contribution in [2.24, 2.45) is 0 Å². The summed E-state index contributed by atoms with van der Waals surface area (Å²) in [6.07, 6.45) is 3.44. The van der Waals surface area contributed by atoms with Gasteiger partial charge in [-0.2, -0.15) is 0 Å². The molecular weight excluding hydrogens is 248 g/mol. The molecular formula is C15H31F2NO. The van der Waals surface area contributed by atoms with Crippen molar-refractivity contribution in [2.45, 2.75) is 84.3 Å². The summed E-state index contributed by atoms with van der Waals surface area (Å²) in [4.78, 5) is 2.18. The van der Waals surface area contributed by atoms with E-state index in [9.17, 15) is 13.9 Å². The molecule has 0 aromatic heterocycles. The second-order valence-electron chi connectivity index (χ2n) is 4.85. The van der Waals surface area contributed by atoms with Crippen LogP contribution in [0.4, 0.5) is 8.78 Å².